The Morgan fingerprint density at radius 1 is 1.00 bits per heavy atom. The Balaban J connectivity index is 4.73. The lowest BCUT2D eigenvalue weighted by molar-refractivity contribution is 0.0766. The van der Waals surface area contributed by atoms with Gasteiger partial charge in [-0.15, -0.1) is 11.8 Å². The predicted molar refractivity (Wildman–Crippen MR) is 162 cm³/mol. The minimum Gasteiger partial charge on any atom is -0.417 e. The third kappa shape index (κ3) is 18.8. The zero-order valence-electron chi connectivity index (χ0n) is 22.9. The molecule has 0 aliphatic heterocycles. The van der Waals surface area contributed by atoms with Crippen LogP contribution < -0.4 is 0 Å². The molecule has 0 saturated heterocycles. The van der Waals surface area contributed by atoms with Crippen LogP contribution in [0.2, 0.25) is 18.1 Å². The molecule has 0 rings (SSSR count). The second-order valence-corrected chi connectivity index (χ2v) is 18.7. The molecule has 0 aromatic heterocycles. The highest BCUT2D eigenvalue weighted by molar-refractivity contribution is 8.23. The molecular weight excluding hydrogens is 537 g/mol. The third-order valence-electron chi connectivity index (χ3n) is 5.63. The summed E-state index contributed by atoms with van der Waals surface area (Å²) in [4.78, 5) is 0. The molecule has 210 valence electrons. The minimum absolute atomic E-state index is 0.105. The van der Waals surface area contributed by atoms with Crippen LogP contribution in [-0.2, 0) is 18.0 Å². The summed E-state index contributed by atoms with van der Waals surface area (Å²) in [6.07, 6.45) is 3.59. The van der Waals surface area contributed by atoms with Crippen molar-refractivity contribution in [1.82, 2.24) is 0 Å². The number of thiocarbonyl (C=S) groups is 1. The van der Waals surface area contributed by atoms with E-state index in [2.05, 4.69) is 39.9 Å². The second kappa shape index (κ2) is 21.9. The summed E-state index contributed by atoms with van der Waals surface area (Å²) >= 11 is 11.7. The summed E-state index contributed by atoms with van der Waals surface area (Å²) in [6.45, 7) is 15.1. The van der Waals surface area contributed by atoms with Gasteiger partial charge in [0.25, 0.3) is 0 Å². The van der Waals surface area contributed by atoms with Crippen LogP contribution in [0.3, 0.4) is 0 Å². The van der Waals surface area contributed by atoms with Crippen molar-refractivity contribution < 1.29 is 28.2 Å². The van der Waals surface area contributed by atoms with Crippen molar-refractivity contribution in [1.29, 1.82) is 0 Å². The summed E-state index contributed by atoms with van der Waals surface area (Å²) in [5.74, 6) is 2.34. The van der Waals surface area contributed by atoms with E-state index < -0.39 is 17.6 Å². The Morgan fingerprint density at radius 3 is 2.17 bits per heavy atom. The molecule has 35 heavy (non-hydrogen) atoms. The largest absolute Gasteiger partial charge is 0.417 e. The topological polar surface area (TPSA) is 77.4 Å². The fourth-order valence-electron chi connectivity index (χ4n) is 3.10. The average molecular weight is 589 g/mol. The van der Waals surface area contributed by atoms with Crippen LogP contribution in [0.25, 0.3) is 0 Å². The first-order valence-corrected chi connectivity index (χ1v) is 19.6. The minimum atomic E-state index is -2.32. The van der Waals surface area contributed by atoms with Crippen molar-refractivity contribution in [2.75, 3.05) is 57.4 Å². The van der Waals surface area contributed by atoms with E-state index in [0.29, 0.717) is 38.2 Å². The van der Waals surface area contributed by atoms with E-state index in [9.17, 15) is 10.2 Å². The van der Waals surface area contributed by atoms with Gasteiger partial charge in [0.2, 0.25) is 9.04 Å². The summed E-state index contributed by atoms with van der Waals surface area (Å²) < 4.78 is 26.0. The molecule has 0 aromatic carbocycles. The first-order chi connectivity index (χ1) is 16.6. The molecule has 6 nitrogen and oxygen atoms in total. The van der Waals surface area contributed by atoms with E-state index in [1.54, 1.807) is 11.8 Å². The van der Waals surface area contributed by atoms with Gasteiger partial charge >= 0.3 is 8.56 Å². The van der Waals surface area contributed by atoms with Crippen LogP contribution in [0, 0.1) is 17.8 Å². The van der Waals surface area contributed by atoms with Crippen molar-refractivity contribution in [2.24, 2.45) is 17.8 Å². The zero-order chi connectivity index (χ0) is 26.7. The van der Waals surface area contributed by atoms with Crippen molar-refractivity contribution in [3.63, 3.8) is 0 Å². The van der Waals surface area contributed by atoms with Gasteiger partial charge in [0.1, 0.15) is 0 Å². The molecule has 6 atom stereocenters. The van der Waals surface area contributed by atoms with Crippen molar-refractivity contribution >= 4 is 58.4 Å². The monoisotopic (exact) mass is 588 g/mol. The predicted octanol–water partition coefficient (Wildman–Crippen LogP) is 4.85. The summed E-state index contributed by atoms with van der Waals surface area (Å²) in [5.41, 5.74) is 0.378. The first kappa shape index (κ1) is 36.0. The SMILES string of the molecule is CCCSC(=S)CC(C)[SiH](COCC(C)CO[Si](C)(CCCS)OCC(C)CO)OCC(C)CO. The van der Waals surface area contributed by atoms with Gasteiger partial charge in [0.05, 0.1) is 12.8 Å². The number of rotatable bonds is 23. The highest BCUT2D eigenvalue weighted by atomic mass is 32.2. The zero-order valence-corrected chi connectivity index (χ0v) is 27.6. The molecule has 0 spiro atoms. The van der Waals surface area contributed by atoms with E-state index >= 15 is 0 Å². The Labute approximate surface area is 233 Å². The van der Waals surface area contributed by atoms with Crippen LogP contribution in [0.1, 0.15) is 53.9 Å². The fourth-order valence-corrected chi connectivity index (χ4v) is 9.88. The normalized spacial score (nSPS) is 18.0. The van der Waals surface area contributed by atoms with Crippen LogP contribution >= 0.6 is 36.6 Å². The van der Waals surface area contributed by atoms with Crippen LogP contribution in [0.15, 0.2) is 0 Å². The molecule has 2 N–H and O–H groups in total. The molecule has 0 saturated carbocycles. The number of ether oxygens (including phenoxy) is 1. The van der Waals surface area contributed by atoms with Gasteiger partial charge in [0, 0.05) is 55.0 Å². The average Bonchev–Trinajstić information content (AvgIpc) is 2.85. The number of thiol groups is 1. The van der Waals surface area contributed by atoms with E-state index in [1.807, 2.05) is 13.8 Å². The van der Waals surface area contributed by atoms with Gasteiger partial charge < -0.3 is 28.2 Å². The van der Waals surface area contributed by atoms with E-state index in [4.69, 9.17) is 30.2 Å². The van der Waals surface area contributed by atoms with Gasteiger partial charge in [-0.1, -0.05) is 46.8 Å². The Hall–Kier alpha value is 0.984. The van der Waals surface area contributed by atoms with Gasteiger partial charge in [0.15, 0.2) is 0 Å². The van der Waals surface area contributed by atoms with Crippen molar-refractivity contribution in [3.05, 3.63) is 0 Å². The highest BCUT2D eigenvalue weighted by Gasteiger charge is 2.32. The molecule has 6 unspecified atom stereocenters. The highest BCUT2D eigenvalue weighted by Crippen LogP contribution is 2.23. The molecule has 0 bridgehead atoms. The quantitative estimate of drug-likeness (QED) is 0.0889. The molecular formula is C24H52O6S3Si2. The maximum absolute atomic E-state index is 9.38. The van der Waals surface area contributed by atoms with Gasteiger partial charge in [-0.2, -0.15) is 12.6 Å². The lowest BCUT2D eigenvalue weighted by Gasteiger charge is -2.30. The summed E-state index contributed by atoms with van der Waals surface area (Å²) in [7, 11) is -3.99. The Kier molecular flexibility index (Phi) is 22.5. The lowest BCUT2D eigenvalue weighted by Crippen LogP contribution is -2.42. The number of hydrogen-bond acceptors (Lipinski definition) is 9. The standard InChI is InChI=1S/C24H52O6S3Si2/c1-7-10-33-24(32)12-23(5)34(28-16-20(2)13-25)19-27-15-22(4)18-30-35(6,11-8-9-31)29-17-21(3)14-26/h20-23,25-26,31,34H,7-19H2,1-6H3. The smallest absolute Gasteiger partial charge is 0.334 e. The number of thioether (sulfide) groups is 1. The van der Waals surface area contributed by atoms with Crippen LogP contribution in [-0.4, -0.2) is 89.4 Å². The lowest BCUT2D eigenvalue weighted by atomic mass is 10.2. The van der Waals surface area contributed by atoms with E-state index in [1.165, 1.54) is 0 Å². The maximum atomic E-state index is 9.38. The molecule has 0 aliphatic carbocycles. The Bertz CT molecular complexity index is 537. The van der Waals surface area contributed by atoms with Gasteiger partial charge in [-0.25, -0.2) is 0 Å². The van der Waals surface area contributed by atoms with Crippen molar-refractivity contribution in [3.8, 4) is 0 Å². The van der Waals surface area contributed by atoms with Crippen LogP contribution in [0.4, 0.5) is 0 Å². The molecule has 11 heteroatoms. The molecule has 0 aliphatic rings. The van der Waals surface area contributed by atoms with Gasteiger partial charge in [-0.3, -0.25) is 0 Å². The maximum Gasteiger partial charge on any atom is 0.334 e. The van der Waals surface area contributed by atoms with Gasteiger partial charge in [-0.05, 0) is 48.9 Å². The summed E-state index contributed by atoms with van der Waals surface area (Å²) in [6, 6.07) is 0.890. The van der Waals surface area contributed by atoms with E-state index in [-0.39, 0.29) is 31.0 Å². The van der Waals surface area contributed by atoms with Crippen LogP contribution in [0.5, 0.6) is 0 Å². The first-order valence-electron chi connectivity index (χ1n) is 13.1. The fraction of sp³-hybridized carbons (Fsp3) is 0.958. The van der Waals surface area contributed by atoms with Crippen molar-refractivity contribution in [2.45, 2.75) is 72.0 Å². The number of hydrogen-bond donors (Lipinski definition) is 3. The molecule has 0 fully saturated rings. The summed E-state index contributed by atoms with van der Waals surface area (Å²) in [5, 5.41) is 18.7. The number of aliphatic hydroxyl groups is 2. The molecule has 0 heterocycles. The second-order valence-electron chi connectivity index (χ2n) is 10.1. The number of aliphatic hydroxyl groups excluding tert-OH is 2. The van der Waals surface area contributed by atoms with E-state index in [0.717, 1.165) is 41.0 Å². The molecule has 0 amide bonds. The third-order valence-corrected chi connectivity index (χ3v) is 13.1. The Morgan fingerprint density at radius 2 is 1.60 bits per heavy atom. The molecule has 0 radical (unpaired) electrons. The molecule has 0 aromatic rings.